The maximum atomic E-state index is 12.8. The summed E-state index contributed by atoms with van der Waals surface area (Å²) in [5.41, 5.74) is 0.945. The van der Waals surface area contributed by atoms with Crippen molar-refractivity contribution in [3.05, 3.63) is 29.8 Å². The first-order valence-electron chi connectivity index (χ1n) is 8.74. The molecule has 25 heavy (non-hydrogen) atoms. The number of amides is 1. The first-order chi connectivity index (χ1) is 11.7. The lowest BCUT2D eigenvalue weighted by Crippen LogP contribution is -2.49. The van der Waals surface area contributed by atoms with Crippen molar-refractivity contribution < 1.29 is 18.3 Å². The molecule has 1 heterocycles. The van der Waals surface area contributed by atoms with Crippen LogP contribution in [0.15, 0.2) is 24.3 Å². The Balaban J connectivity index is 1.75. The molecule has 1 spiro atoms. The number of likely N-dealkylation sites (tertiary alicyclic amines) is 1. The van der Waals surface area contributed by atoms with Crippen molar-refractivity contribution in [2.75, 3.05) is 30.7 Å². The third-order valence-electron chi connectivity index (χ3n) is 5.73. The lowest BCUT2D eigenvalue weighted by atomic mass is 9.76. The van der Waals surface area contributed by atoms with E-state index in [1.54, 1.807) is 24.3 Å². The Hall–Kier alpha value is -1.60. The third-order valence-corrected chi connectivity index (χ3v) is 6.94. The quantitative estimate of drug-likeness (QED) is 0.886. The molecule has 2 aliphatic rings. The van der Waals surface area contributed by atoms with E-state index < -0.39 is 10.0 Å². The molecule has 0 bridgehead atoms. The van der Waals surface area contributed by atoms with E-state index >= 15 is 0 Å². The zero-order valence-electron chi connectivity index (χ0n) is 14.8. The van der Waals surface area contributed by atoms with E-state index in [9.17, 15) is 18.3 Å². The summed E-state index contributed by atoms with van der Waals surface area (Å²) in [6.07, 6.45) is 5.56. The van der Waals surface area contributed by atoms with Gasteiger partial charge in [0, 0.05) is 31.1 Å². The summed E-state index contributed by atoms with van der Waals surface area (Å²) in [7, 11) is -1.83. The highest BCUT2D eigenvalue weighted by Gasteiger charge is 2.45. The smallest absolute Gasteiger partial charge is 0.253 e. The van der Waals surface area contributed by atoms with Crippen LogP contribution in [-0.2, 0) is 10.0 Å². The molecule has 0 aromatic heterocycles. The fourth-order valence-electron chi connectivity index (χ4n) is 4.12. The average Bonchev–Trinajstić information content (AvgIpc) is 2.93. The highest BCUT2D eigenvalue weighted by Crippen LogP contribution is 2.45. The Labute approximate surface area is 149 Å². The van der Waals surface area contributed by atoms with Gasteiger partial charge in [-0.15, -0.1) is 0 Å². The van der Waals surface area contributed by atoms with Crippen LogP contribution in [0.3, 0.4) is 0 Å². The van der Waals surface area contributed by atoms with Crippen LogP contribution >= 0.6 is 0 Å². The molecule has 1 N–H and O–H groups in total. The predicted molar refractivity (Wildman–Crippen MR) is 97.1 cm³/mol. The number of sulfonamides is 1. The molecule has 1 saturated carbocycles. The van der Waals surface area contributed by atoms with E-state index in [0.717, 1.165) is 38.4 Å². The monoisotopic (exact) mass is 366 g/mol. The van der Waals surface area contributed by atoms with Crippen LogP contribution in [-0.4, -0.2) is 56.8 Å². The van der Waals surface area contributed by atoms with Crippen LogP contribution in [0.4, 0.5) is 5.69 Å². The van der Waals surface area contributed by atoms with E-state index in [2.05, 4.69) is 0 Å². The summed E-state index contributed by atoms with van der Waals surface area (Å²) in [5, 5.41) is 10.3. The Bertz CT molecular complexity index is 747. The molecule has 1 aromatic carbocycles. The Morgan fingerprint density at radius 2 is 1.88 bits per heavy atom. The van der Waals surface area contributed by atoms with E-state index in [0.29, 0.717) is 24.3 Å². The number of hydrogen-bond acceptors (Lipinski definition) is 4. The lowest BCUT2D eigenvalue weighted by molar-refractivity contribution is -0.00535. The predicted octanol–water partition coefficient (Wildman–Crippen LogP) is 1.85. The van der Waals surface area contributed by atoms with Crippen molar-refractivity contribution in [1.29, 1.82) is 0 Å². The minimum absolute atomic E-state index is 0.0493. The molecular weight excluding hydrogens is 340 g/mol. The van der Waals surface area contributed by atoms with Gasteiger partial charge in [-0.3, -0.25) is 9.10 Å². The normalized spacial score (nSPS) is 26.8. The van der Waals surface area contributed by atoms with Gasteiger partial charge in [-0.2, -0.15) is 0 Å². The van der Waals surface area contributed by atoms with Gasteiger partial charge in [0.2, 0.25) is 10.0 Å². The number of hydrogen-bond donors (Lipinski definition) is 1. The second kappa shape index (κ2) is 6.61. The Kier molecular flexibility index (Phi) is 4.81. The van der Waals surface area contributed by atoms with Crippen LogP contribution in [0.5, 0.6) is 0 Å². The van der Waals surface area contributed by atoms with E-state index in [-0.39, 0.29) is 17.4 Å². The van der Waals surface area contributed by atoms with Crippen molar-refractivity contribution in [1.82, 2.24) is 4.90 Å². The molecule has 1 aliphatic carbocycles. The second-order valence-corrected chi connectivity index (χ2v) is 9.39. The molecule has 1 aliphatic heterocycles. The molecule has 3 rings (SSSR count). The molecule has 138 valence electrons. The fourth-order valence-corrected chi connectivity index (χ4v) is 4.62. The summed E-state index contributed by atoms with van der Waals surface area (Å²) < 4.78 is 24.4. The average molecular weight is 366 g/mol. The first kappa shape index (κ1) is 18.2. The van der Waals surface area contributed by atoms with Crippen molar-refractivity contribution in [2.24, 2.45) is 5.41 Å². The SMILES string of the molecule is CN(c1ccc(C(=O)N2CCC[C@]3(CCC[C@H]3O)C2)cc1)S(C)(=O)=O. The van der Waals surface area contributed by atoms with Gasteiger partial charge in [0.1, 0.15) is 0 Å². The van der Waals surface area contributed by atoms with Gasteiger partial charge in [-0.25, -0.2) is 8.42 Å². The molecular formula is C18H26N2O4S. The second-order valence-electron chi connectivity index (χ2n) is 7.38. The topological polar surface area (TPSA) is 77.9 Å². The number of carbonyl (C=O) groups is 1. The zero-order chi connectivity index (χ0) is 18.2. The molecule has 1 amide bonds. The van der Waals surface area contributed by atoms with Crippen LogP contribution in [0.2, 0.25) is 0 Å². The third kappa shape index (κ3) is 3.53. The maximum absolute atomic E-state index is 12.8. The number of piperidine rings is 1. The van der Waals surface area contributed by atoms with Crippen molar-refractivity contribution in [2.45, 2.75) is 38.2 Å². The number of rotatable bonds is 3. The van der Waals surface area contributed by atoms with Gasteiger partial charge < -0.3 is 10.0 Å². The fraction of sp³-hybridized carbons (Fsp3) is 0.611. The highest BCUT2D eigenvalue weighted by atomic mass is 32.2. The number of nitrogens with zero attached hydrogens (tertiary/aromatic N) is 2. The van der Waals surface area contributed by atoms with Gasteiger partial charge >= 0.3 is 0 Å². The maximum Gasteiger partial charge on any atom is 0.253 e. The molecule has 7 heteroatoms. The Morgan fingerprint density at radius 1 is 1.24 bits per heavy atom. The summed E-state index contributed by atoms with van der Waals surface area (Å²) in [4.78, 5) is 14.7. The highest BCUT2D eigenvalue weighted by molar-refractivity contribution is 7.92. The molecule has 1 saturated heterocycles. The minimum atomic E-state index is -3.32. The van der Waals surface area contributed by atoms with Gasteiger partial charge in [0.15, 0.2) is 0 Å². The van der Waals surface area contributed by atoms with Gasteiger partial charge in [0.25, 0.3) is 5.91 Å². The van der Waals surface area contributed by atoms with Crippen LogP contribution < -0.4 is 4.31 Å². The van der Waals surface area contributed by atoms with E-state index in [1.165, 1.54) is 11.4 Å². The molecule has 2 fully saturated rings. The number of aliphatic hydroxyl groups is 1. The number of aliphatic hydroxyl groups excluding tert-OH is 1. The summed E-state index contributed by atoms with van der Waals surface area (Å²) in [6.45, 7) is 1.32. The van der Waals surface area contributed by atoms with Crippen molar-refractivity contribution in [3.8, 4) is 0 Å². The standard InChI is InChI=1S/C18H26N2O4S/c1-19(25(2,23)24)15-8-6-14(7-9-15)17(22)20-12-4-11-18(13-20)10-3-5-16(18)21/h6-9,16,21H,3-5,10-13H2,1-2H3/t16-,18-/m1/s1. The summed E-state index contributed by atoms with van der Waals surface area (Å²) in [6, 6.07) is 6.65. The van der Waals surface area contributed by atoms with Gasteiger partial charge in [-0.05, 0) is 49.9 Å². The molecule has 0 radical (unpaired) electrons. The minimum Gasteiger partial charge on any atom is -0.392 e. The van der Waals surface area contributed by atoms with Crippen LogP contribution in [0, 0.1) is 5.41 Å². The van der Waals surface area contributed by atoms with Crippen LogP contribution in [0.1, 0.15) is 42.5 Å². The molecule has 2 atom stereocenters. The molecule has 0 unspecified atom stereocenters. The molecule has 6 nitrogen and oxygen atoms in total. The number of carbonyl (C=O) groups excluding carboxylic acids is 1. The summed E-state index contributed by atoms with van der Waals surface area (Å²) in [5.74, 6) is -0.0493. The zero-order valence-corrected chi connectivity index (χ0v) is 15.6. The lowest BCUT2D eigenvalue weighted by Gasteiger charge is -2.42. The first-order valence-corrected chi connectivity index (χ1v) is 10.6. The summed E-state index contributed by atoms with van der Waals surface area (Å²) >= 11 is 0. The van der Waals surface area contributed by atoms with Gasteiger partial charge in [0.05, 0.1) is 18.0 Å². The van der Waals surface area contributed by atoms with Crippen molar-refractivity contribution in [3.63, 3.8) is 0 Å². The Morgan fingerprint density at radius 3 is 2.44 bits per heavy atom. The van der Waals surface area contributed by atoms with E-state index in [4.69, 9.17) is 0 Å². The largest absolute Gasteiger partial charge is 0.392 e. The molecule has 1 aromatic rings. The van der Waals surface area contributed by atoms with Gasteiger partial charge in [-0.1, -0.05) is 6.42 Å². The van der Waals surface area contributed by atoms with E-state index in [1.807, 2.05) is 4.90 Å². The van der Waals surface area contributed by atoms with Crippen molar-refractivity contribution >= 4 is 21.6 Å². The van der Waals surface area contributed by atoms with Crippen LogP contribution in [0.25, 0.3) is 0 Å². The number of benzene rings is 1. The number of anilines is 1.